The summed E-state index contributed by atoms with van der Waals surface area (Å²) in [4.78, 5) is 10.7. The van der Waals surface area contributed by atoms with Crippen molar-refractivity contribution in [1.82, 2.24) is 16.2 Å². The fourth-order valence-corrected chi connectivity index (χ4v) is 0.723. The highest BCUT2D eigenvalue weighted by Gasteiger charge is 2.02. The summed E-state index contributed by atoms with van der Waals surface area (Å²) < 4.78 is 0. The smallest absolute Gasteiger partial charge is 0.328 e. The normalized spacial score (nSPS) is 9.82. The summed E-state index contributed by atoms with van der Waals surface area (Å²) in [5.41, 5.74) is 5.44. The molecular formula is C7H17N3O. The van der Waals surface area contributed by atoms with Gasteiger partial charge in [-0.25, -0.2) is 10.2 Å². The standard InChI is InChI=1S/C7H17N3O/c1-4-6(5-2)9-10-7(11)8-3/h6,9H,4-5H2,1-3H3,(H2,8,10,11). The van der Waals surface area contributed by atoms with E-state index in [1.165, 1.54) is 0 Å². The predicted molar refractivity (Wildman–Crippen MR) is 45.1 cm³/mol. The Bertz CT molecular complexity index is 112. The highest BCUT2D eigenvalue weighted by Crippen LogP contribution is 1.92. The van der Waals surface area contributed by atoms with Crippen LogP contribution in [0, 0.1) is 0 Å². The second-order valence-corrected chi connectivity index (χ2v) is 2.36. The molecule has 0 fully saturated rings. The van der Waals surface area contributed by atoms with Crippen LogP contribution in [0.4, 0.5) is 4.79 Å². The van der Waals surface area contributed by atoms with Gasteiger partial charge in [0.15, 0.2) is 0 Å². The topological polar surface area (TPSA) is 53.2 Å². The lowest BCUT2D eigenvalue weighted by atomic mass is 10.2. The van der Waals surface area contributed by atoms with Gasteiger partial charge < -0.3 is 5.32 Å². The molecule has 0 rings (SSSR count). The Morgan fingerprint density at radius 1 is 1.36 bits per heavy atom. The maximum Gasteiger partial charge on any atom is 0.328 e. The first-order valence-corrected chi connectivity index (χ1v) is 3.97. The molecule has 11 heavy (non-hydrogen) atoms. The number of carbonyl (C=O) groups is 1. The highest BCUT2D eigenvalue weighted by molar-refractivity contribution is 5.72. The van der Waals surface area contributed by atoms with Gasteiger partial charge in [0.25, 0.3) is 0 Å². The molecule has 4 heteroatoms. The number of rotatable bonds is 4. The van der Waals surface area contributed by atoms with Crippen LogP contribution in [-0.4, -0.2) is 19.1 Å². The molecule has 0 bridgehead atoms. The molecule has 4 nitrogen and oxygen atoms in total. The van der Waals surface area contributed by atoms with Crippen molar-refractivity contribution in [2.75, 3.05) is 7.05 Å². The molecule has 0 unspecified atom stereocenters. The molecule has 0 saturated heterocycles. The molecular weight excluding hydrogens is 142 g/mol. The van der Waals surface area contributed by atoms with Gasteiger partial charge in [0.2, 0.25) is 0 Å². The van der Waals surface area contributed by atoms with Gasteiger partial charge in [0.05, 0.1) is 0 Å². The van der Waals surface area contributed by atoms with Crippen molar-refractivity contribution in [3.8, 4) is 0 Å². The molecule has 3 N–H and O–H groups in total. The number of urea groups is 1. The van der Waals surface area contributed by atoms with Crippen LogP contribution in [0.5, 0.6) is 0 Å². The van der Waals surface area contributed by atoms with E-state index >= 15 is 0 Å². The van der Waals surface area contributed by atoms with Gasteiger partial charge in [-0.3, -0.25) is 5.43 Å². The average Bonchev–Trinajstić information content (AvgIpc) is 2.06. The highest BCUT2D eigenvalue weighted by atomic mass is 16.2. The van der Waals surface area contributed by atoms with Crippen LogP contribution in [0.2, 0.25) is 0 Å². The molecule has 0 aromatic carbocycles. The summed E-state index contributed by atoms with van der Waals surface area (Å²) in [5.74, 6) is 0. The molecule has 0 atom stereocenters. The first-order chi connectivity index (χ1) is 5.24. The van der Waals surface area contributed by atoms with Gasteiger partial charge in [-0.05, 0) is 12.8 Å². The van der Waals surface area contributed by atoms with Crippen molar-refractivity contribution < 1.29 is 4.79 Å². The van der Waals surface area contributed by atoms with E-state index < -0.39 is 0 Å². The predicted octanol–water partition coefficient (Wildman–Crippen LogP) is 0.609. The molecule has 0 radical (unpaired) electrons. The summed E-state index contributed by atoms with van der Waals surface area (Å²) in [7, 11) is 1.59. The fourth-order valence-electron chi connectivity index (χ4n) is 0.723. The number of carbonyl (C=O) groups excluding carboxylic acids is 1. The van der Waals surface area contributed by atoms with Gasteiger partial charge in [-0.1, -0.05) is 13.8 Å². The molecule has 2 amide bonds. The van der Waals surface area contributed by atoms with Gasteiger partial charge in [0.1, 0.15) is 0 Å². The van der Waals surface area contributed by atoms with Crippen molar-refractivity contribution in [3.63, 3.8) is 0 Å². The summed E-state index contributed by atoms with van der Waals surface area (Å²) >= 11 is 0. The Hall–Kier alpha value is -0.770. The lowest BCUT2D eigenvalue weighted by Crippen LogP contribution is -2.47. The van der Waals surface area contributed by atoms with Gasteiger partial charge in [-0.2, -0.15) is 0 Å². The van der Waals surface area contributed by atoms with Crippen LogP contribution in [0.3, 0.4) is 0 Å². The van der Waals surface area contributed by atoms with E-state index in [0.29, 0.717) is 6.04 Å². The Morgan fingerprint density at radius 2 is 1.91 bits per heavy atom. The van der Waals surface area contributed by atoms with Crippen molar-refractivity contribution in [3.05, 3.63) is 0 Å². The van der Waals surface area contributed by atoms with Crippen LogP contribution in [0.1, 0.15) is 26.7 Å². The molecule has 0 aromatic heterocycles. The number of hydrogen-bond acceptors (Lipinski definition) is 2. The lowest BCUT2D eigenvalue weighted by molar-refractivity contribution is 0.235. The first-order valence-electron chi connectivity index (χ1n) is 3.97. The third kappa shape index (κ3) is 4.61. The van der Waals surface area contributed by atoms with Crippen molar-refractivity contribution >= 4 is 6.03 Å². The molecule has 0 saturated carbocycles. The second-order valence-electron chi connectivity index (χ2n) is 2.36. The Balaban J connectivity index is 3.42. The summed E-state index contributed by atoms with van der Waals surface area (Å²) in [6, 6.07) is 0.171. The zero-order chi connectivity index (χ0) is 8.69. The van der Waals surface area contributed by atoms with Crippen LogP contribution < -0.4 is 16.2 Å². The quantitative estimate of drug-likeness (QED) is 0.526. The van der Waals surface area contributed by atoms with Crippen molar-refractivity contribution in [2.24, 2.45) is 0 Å². The minimum atomic E-state index is -0.197. The zero-order valence-corrected chi connectivity index (χ0v) is 7.40. The molecule has 0 aromatic rings. The van der Waals surface area contributed by atoms with Gasteiger partial charge in [-0.15, -0.1) is 0 Å². The summed E-state index contributed by atoms with van der Waals surface area (Å²) in [5, 5.41) is 2.46. The monoisotopic (exact) mass is 159 g/mol. The number of hydrogen-bond donors (Lipinski definition) is 3. The molecule has 66 valence electrons. The van der Waals surface area contributed by atoms with Gasteiger partial charge in [0, 0.05) is 13.1 Å². The molecule has 0 spiro atoms. The third-order valence-electron chi connectivity index (χ3n) is 1.60. The Labute approximate surface area is 67.7 Å². The molecule has 0 aliphatic rings. The van der Waals surface area contributed by atoms with E-state index in [0.717, 1.165) is 12.8 Å². The number of hydrazine groups is 1. The minimum absolute atomic E-state index is 0.197. The van der Waals surface area contributed by atoms with E-state index in [2.05, 4.69) is 30.0 Å². The van der Waals surface area contributed by atoms with E-state index in [1.54, 1.807) is 7.05 Å². The van der Waals surface area contributed by atoms with E-state index in [9.17, 15) is 4.79 Å². The number of amides is 2. The van der Waals surface area contributed by atoms with Crippen LogP contribution >= 0.6 is 0 Å². The lowest BCUT2D eigenvalue weighted by Gasteiger charge is -2.14. The van der Waals surface area contributed by atoms with Crippen molar-refractivity contribution in [2.45, 2.75) is 32.7 Å². The SMILES string of the molecule is CCC(CC)NNC(=O)NC. The molecule has 0 heterocycles. The maximum absolute atomic E-state index is 10.7. The third-order valence-corrected chi connectivity index (χ3v) is 1.60. The summed E-state index contributed by atoms with van der Waals surface area (Å²) in [6.45, 7) is 4.15. The maximum atomic E-state index is 10.7. The van der Waals surface area contributed by atoms with Crippen molar-refractivity contribution in [1.29, 1.82) is 0 Å². The number of nitrogens with one attached hydrogen (secondary N) is 3. The van der Waals surface area contributed by atoms with E-state index in [4.69, 9.17) is 0 Å². The molecule has 0 aliphatic heterocycles. The van der Waals surface area contributed by atoms with E-state index in [1.807, 2.05) is 0 Å². The Kier molecular flexibility index (Phi) is 5.56. The van der Waals surface area contributed by atoms with E-state index in [-0.39, 0.29) is 6.03 Å². The first kappa shape index (κ1) is 10.2. The van der Waals surface area contributed by atoms with Crippen LogP contribution in [0.15, 0.2) is 0 Å². The van der Waals surface area contributed by atoms with Crippen LogP contribution in [-0.2, 0) is 0 Å². The average molecular weight is 159 g/mol. The largest absolute Gasteiger partial charge is 0.340 e. The van der Waals surface area contributed by atoms with Gasteiger partial charge >= 0.3 is 6.03 Å². The zero-order valence-electron chi connectivity index (χ0n) is 7.40. The minimum Gasteiger partial charge on any atom is -0.340 e. The fraction of sp³-hybridized carbons (Fsp3) is 0.857. The molecule has 0 aliphatic carbocycles. The second kappa shape index (κ2) is 5.97. The Morgan fingerprint density at radius 3 is 2.27 bits per heavy atom. The van der Waals surface area contributed by atoms with Crippen LogP contribution in [0.25, 0.3) is 0 Å². The summed E-state index contributed by atoms with van der Waals surface area (Å²) in [6.07, 6.45) is 2.03.